The van der Waals surface area contributed by atoms with E-state index in [1.54, 1.807) is 0 Å². The average Bonchev–Trinajstić information content (AvgIpc) is 2.36. The number of benzene rings is 1. The van der Waals surface area contributed by atoms with E-state index in [1.807, 2.05) is 4.90 Å². The van der Waals surface area contributed by atoms with E-state index in [2.05, 4.69) is 5.32 Å². The molecule has 1 aliphatic heterocycles. The van der Waals surface area contributed by atoms with Crippen molar-refractivity contribution in [3.63, 3.8) is 0 Å². The fourth-order valence-electron chi connectivity index (χ4n) is 2.06. The molecule has 1 aromatic carbocycles. The van der Waals surface area contributed by atoms with Gasteiger partial charge in [-0.1, -0.05) is 6.07 Å². The molecule has 1 aliphatic rings. The molecule has 0 saturated carbocycles. The van der Waals surface area contributed by atoms with Crippen molar-refractivity contribution >= 4 is 5.78 Å². The number of carbonyl (C=O) groups is 1. The summed E-state index contributed by atoms with van der Waals surface area (Å²) in [4.78, 5) is 13.9. The van der Waals surface area contributed by atoms with Crippen LogP contribution in [0.2, 0.25) is 0 Å². The van der Waals surface area contributed by atoms with Gasteiger partial charge in [-0.05, 0) is 18.6 Å². The second-order valence-corrected chi connectivity index (χ2v) is 4.50. The minimum Gasteiger partial charge on any atom is -0.314 e. The molecule has 0 unspecified atom stereocenters. The van der Waals surface area contributed by atoms with Crippen LogP contribution >= 0.6 is 0 Å². The number of hydrogen-bond acceptors (Lipinski definition) is 3. The van der Waals surface area contributed by atoms with Gasteiger partial charge in [0, 0.05) is 26.2 Å². The normalized spacial score (nSPS) is 16.8. The fourth-order valence-corrected chi connectivity index (χ4v) is 2.06. The molecule has 1 fully saturated rings. The molecule has 5 heteroatoms. The summed E-state index contributed by atoms with van der Waals surface area (Å²) in [6.07, 6.45) is 0. The summed E-state index contributed by atoms with van der Waals surface area (Å²) in [6, 6.07) is 2.48. The molecule has 0 amide bonds. The van der Waals surface area contributed by atoms with Crippen LogP contribution in [0.25, 0.3) is 0 Å². The maximum absolute atomic E-state index is 13.8. The van der Waals surface area contributed by atoms with Crippen LogP contribution in [0.15, 0.2) is 12.1 Å². The number of aryl methyl sites for hydroxylation is 1. The Bertz CT molecular complexity index is 457. The number of ketones is 1. The highest BCUT2D eigenvalue weighted by Crippen LogP contribution is 2.17. The lowest BCUT2D eigenvalue weighted by Gasteiger charge is -2.26. The molecule has 3 nitrogen and oxygen atoms in total. The summed E-state index contributed by atoms with van der Waals surface area (Å²) >= 11 is 0. The van der Waals surface area contributed by atoms with Crippen LogP contribution in [-0.4, -0.2) is 43.4 Å². The number of Topliss-reactive ketones (excluding diaryl/α,β-unsaturated/α-hetero) is 1. The second kappa shape index (κ2) is 5.54. The highest BCUT2D eigenvalue weighted by molar-refractivity contribution is 5.98. The van der Waals surface area contributed by atoms with Gasteiger partial charge in [0.2, 0.25) is 0 Å². The smallest absolute Gasteiger partial charge is 0.182 e. The zero-order valence-electron chi connectivity index (χ0n) is 10.3. The molecular weight excluding hydrogens is 238 g/mol. The zero-order valence-corrected chi connectivity index (χ0v) is 10.3. The van der Waals surface area contributed by atoms with Crippen LogP contribution in [0.4, 0.5) is 8.78 Å². The molecule has 0 spiro atoms. The Morgan fingerprint density at radius 3 is 2.67 bits per heavy atom. The van der Waals surface area contributed by atoms with Crippen molar-refractivity contribution < 1.29 is 13.6 Å². The van der Waals surface area contributed by atoms with E-state index >= 15 is 0 Å². The maximum Gasteiger partial charge on any atom is 0.182 e. The number of hydrogen-bond donors (Lipinski definition) is 1. The largest absolute Gasteiger partial charge is 0.314 e. The van der Waals surface area contributed by atoms with Crippen LogP contribution in [0, 0.1) is 18.6 Å². The van der Waals surface area contributed by atoms with Crippen LogP contribution in [0.5, 0.6) is 0 Å². The van der Waals surface area contributed by atoms with Gasteiger partial charge in [0.25, 0.3) is 0 Å². The molecule has 0 atom stereocenters. The first kappa shape index (κ1) is 13.1. The highest BCUT2D eigenvalue weighted by Gasteiger charge is 2.21. The van der Waals surface area contributed by atoms with Gasteiger partial charge in [-0.3, -0.25) is 9.69 Å². The van der Waals surface area contributed by atoms with Crippen molar-refractivity contribution in [1.82, 2.24) is 10.2 Å². The Morgan fingerprint density at radius 1 is 1.33 bits per heavy atom. The predicted molar refractivity (Wildman–Crippen MR) is 64.7 cm³/mol. The molecule has 0 bridgehead atoms. The third-order valence-electron chi connectivity index (χ3n) is 3.14. The van der Waals surface area contributed by atoms with Gasteiger partial charge in [-0.2, -0.15) is 0 Å². The Hall–Kier alpha value is -1.33. The van der Waals surface area contributed by atoms with Crippen LogP contribution in [0.3, 0.4) is 0 Å². The number of carbonyl (C=O) groups excluding carboxylic acids is 1. The van der Waals surface area contributed by atoms with Gasteiger partial charge in [-0.25, -0.2) is 8.78 Å². The Morgan fingerprint density at radius 2 is 2.00 bits per heavy atom. The summed E-state index contributed by atoms with van der Waals surface area (Å²) in [5.74, 6) is -2.01. The molecule has 1 aromatic rings. The molecule has 1 N–H and O–H groups in total. The van der Waals surface area contributed by atoms with E-state index in [1.165, 1.54) is 13.0 Å². The molecule has 0 aliphatic carbocycles. The van der Waals surface area contributed by atoms with E-state index in [4.69, 9.17) is 0 Å². The number of nitrogens with zero attached hydrogens (tertiary/aromatic N) is 1. The van der Waals surface area contributed by atoms with Crippen molar-refractivity contribution in [2.45, 2.75) is 6.92 Å². The second-order valence-electron chi connectivity index (χ2n) is 4.50. The first-order valence-electron chi connectivity index (χ1n) is 6.00. The molecule has 0 radical (unpaired) electrons. The minimum absolute atomic E-state index is 0.0684. The standard InChI is InChI=1S/C13H16F2N2O/c1-9-2-3-10(14)12(13(9)15)11(18)8-17-6-4-16-5-7-17/h2-3,16H,4-8H2,1H3. The van der Waals surface area contributed by atoms with Crippen molar-refractivity contribution in [2.75, 3.05) is 32.7 Å². The lowest BCUT2D eigenvalue weighted by molar-refractivity contribution is 0.0913. The van der Waals surface area contributed by atoms with Gasteiger partial charge in [0.05, 0.1) is 12.1 Å². The summed E-state index contributed by atoms with van der Waals surface area (Å²) in [5, 5.41) is 3.16. The number of halogens is 2. The van der Waals surface area contributed by atoms with E-state index < -0.39 is 23.0 Å². The molecule has 2 rings (SSSR count). The quantitative estimate of drug-likeness (QED) is 0.827. The SMILES string of the molecule is Cc1ccc(F)c(C(=O)CN2CCNCC2)c1F. The Balaban J connectivity index is 2.15. The molecule has 18 heavy (non-hydrogen) atoms. The van der Waals surface area contributed by atoms with E-state index in [9.17, 15) is 13.6 Å². The van der Waals surface area contributed by atoms with Gasteiger partial charge >= 0.3 is 0 Å². The topological polar surface area (TPSA) is 32.3 Å². The monoisotopic (exact) mass is 254 g/mol. The summed E-state index contributed by atoms with van der Waals surface area (Å²) < 4.78 is 27.3. The average molecular weight is 254 g/mol. The summed E-state index contributed by atoms with van der Waals surface area (Å²) in [5.41, 5.74) is -0.117. The predicted octanol–water partition coefficient (Wildman–Crippen LogP) is 1.36. The van der Waals surface area contributed by atoms with Crippen molar-refractivity contribution in [3.05, 3.63) is 34.9 Å². The van der Waals surface area contributed by atoms with Crippen molar-refractivity contribution in [3.8, 4) is 0 Å². The number of rotatable bonds is 3. The van der Waals surface area contributed by atoms with Crippen LogP contribution in [-0.2, 0) is 0 Å². The summed E-state index contributed by atoms with van der Waals surface area (Å²) in [7, 11) is 0. The third-order valence-corrected chi connectivity index (χ3v) is 3.14. The highest BCUT2D eigenvalue weighted by atomic mass is 19.1. The summed E-state index contributed by atoms with van der Waals surface area (Å²) in [6.45, 7) is 4.63. The van der Waals surface area contributed by atoms with Crippen LogP contribution in [0.1, 0.15) is 15.9 Å². The number of nitrogens with one attached hydrogen (secondary N) is 1. The molecular formula is C13H16F2N2O. The first-order chi connectivity index (χ1) is 8.59. The third kappa shape index (κ3) is 2.73. The number of piperazine rings is 1. The minimum atomic E-state index is -0.779. The fraction of sp³-hybridized carbons (Fsp3) is 0.462. The molecule has 1 saturated heterocycles. The van der Waals surface area contributed by atoms with Crippen molar-refractivity contribution in [1.29, 1.82) is 0 Å². The maximum atomic E-state index is 13.8. The zero-order chi connectivity index (χ0) is 13.1. The Labute approximate surface area is 105 Å². The van der Waals surface area contributed by atoms with Gasteiger partial charge in [0.15, 0.2) is 5.78 Å². The van der Waals surface area contributed by atoms with Crippen LogP contribution < -0.4 is 5.32 Å². The van der Waals surface area contributed by atoms with E-state index in [0.29, 0.717) is 5.56 Å². The molecule has 98 valence electrons. The van der Waals surface area contributed by atoms with Gasteiger partial charge in [0.1, 0.15) is 11.6 Å². The Kier molecular flexibility index (Phi) is 4.04. The molecule has 0 aromatic heterocycles. The lowest BCUT2D eigenvalue weighted by atomic mass is 10.1. The van der Waals surface area contributed by atoms with E-state index in [-0.39, 0.29) is 6.54 Å². The van der Waals surface area contributed by atoms with Crippen molar-refractivity contribution in [2.24, 2.45) is 0 Å². The van der Waals surface area contributed by atoms with Gasteiger partial charge < -0.3 is 5.32 Å². The first-order valence-corrected chi connectivity index (χ1v) is 6.00. The van der Waals surface area contributed by atoms with E-state index in [0.717, 1.165) is 32.2 Å². The molecule has 1 heterocycles. The lowest BCUT2D eigenvalue weighted by Crippen LogP contribution is -2.45. The van der Waals surface area contributed by atoms with Gasteiger partial charge in [-0.15, -0.1) is 0 Å².